The Morgan fingerprint density at radius 3 is 2.81 bits per heavy atom. The molecule has 112 valence electrons. The number of aryl methyl sites for hydroxylation is 1. The molecule has 1 aliphatic carbocycles. The molecule has 0 atom stereocenters. The summed E-state index contributed by atoms with van der Waals surface area (Å²) in [4.78, 5) is 27.2. The molecule has 2 amide bonds. The predicted molar refractivity (Wildman–Crippen MR) is 79.8 cm³/mol. The van der Waals surface area contributed by atoms with Gasteiger partial charge in [-0.15, -0.1) is 0 Å². The smallest absolute Gasteiger partial charge is 0.335 e. The molecule has 2 aliphatic rings. The Labute approximate surface area is 124 Å². The van der Waals surface area contributed by atoms with Crippen LogP contribution >= 0.6 is 0 Å². The zero-order valence-corrected chi connectivity index (χ0v) is 12.2. The minimum atomic E-state index is -0.924. The highest BCUT2D eigenvalue weighted by atomic mass is 16.4. The Balaban J connectivity index is 1.82. The molecule has 0 saturated heterocycles. The predicted octanol–water partition coefficient (Wildman–Crippen LogP) is 2.60. The van der Waals surface area contributed by atoms with Gasteiger partial charge in [-0.05, 0) is 55.4 Å². The van der Waals surface area contributed by atoms with Crippen LogP contribution in [-0.4, -0.2) is 42.1 Å². The highest BCUT2D eigenvalue weighted by molar-refractivity contribution is 5.95. The molecule has 0 bridgehead atoms. The van der Waals surface area contributed by atoms with Gasteiger partial charge < -0.3 is 10.0 Å². The van der Waals surface area contributed by atoms with Crippen LogP contribution in [0.3, 0.4) is 0 Å². The van der Waals surface area contributed by atoms with Crippen LogP contribution in [-0.2, 0) is 6.42 Å². The number of hydrogen-bond donors (Lipinski definition) is 1. The van der Waals surface area contributed by atoms with Gasteiger partial charge in [0.05, 0.1) is 5.56 Å². The molecule has 0 unspecified atom stereocenters. The summed E-state index contributed by atoms with van der Waals surface area (Å²) in [6.45, 7) is 1.52. The van der Waals surface area contributed by atoms with Crippen molar-refractivity contribution in [1.82, 2.24) is 4.90 Å². The van der Waals surface area contributed by atoms with Crippen molar-refractivity contribution in [2.75, 3.05) is 25.0 Å². The number of hydrogen-bond acceptors (Lipinski definition) is 2. The molecule has 21 heavy (non-hydrogen) atoms. The first-order valence-electron chi connectivity index (χ1n) is 7.45. The summed E-state index contributed by atoms with van der Waals surface area (Å²) in [5.41, 5.74) is 2.10. The van der Waals surface area contributed by atoms with E-state index in [0.717, 1.165) is 30.6 Å². The van der Waals surface area contributed by atoms with Crippen LogP contribution in [0, 0.1) is 5.92 Å². The molecule has 0 spiro atoms. The van der Waals surface area contributed by atoms with E-state index in [2.05, 4.69) is 0 Å². The summed E-state index contributed by atoms with van der Waals surface area (Å²) in [5.74, 6) is -0.260. The number of carbonyl (C=O) groups excluding carboxylic acids is 1. The van der Waals surface area contributed by atoms with Crippen LogP contribution in [0.5, 0.6) is 0 Å². The number of benzene rings is 1. The molecule has 1 aromatic rings. The second kappa shape index (κ2) is 5.39. The fourth-order valence-electron chi connectivity index (χ4n) is 2.90. The first-order valence-corrected chi connectivity index (χ1v) is 7.45. The zero-order valence-electron chi connectivity index (χ0n) is 12.2. The monoisotopic (exact) mass is 288 g/mol. The summed E-state index contributed by atoms with van der Waals surface area (Å²) in [6, 6.07) is 5.05. The molecule has 3 rings (SSSR count). The SMILES string of the molecule is CN(CC1CC1)C(=O)N1CCCc2cc(C(=O)O)ccc21. The quantitative estimate of drug-likeness (QED) is 0.930. The van der Waals surface area contributed by atoms with E-state index in [1.54, 1.807) is 28.0 Å². The van der Waals surface area contributed by atoms with Gasteiger partial charge in [0.25, 0.3) is 0 Å². The fourth-order valence-corrected chi connectivity index (χ4v) is 2.90. The highest BCUT2D eigenvalue weighted by Gasteiger charge is 2.29. The third-order valence-electron chi connectivity index (χ3n) is 4.23. The largest absolute Gasteiger partial charge is 0.478 e. The van der Waals surface area contributed by atoms with Gasteiger partial charge in [-0.25, -0.2) is 9.59 Å². The fraction of sp³-hybridized carbons (Fsp3) is 0.500. The van der Waals surface area contributed by atoms with Crippen LogP contribution in [0.15, 0.2) is 18.2 Å². The van der Waals surface area contributed by atoms with Crippen molar-refractivity contribution in [1.29, 1.82) is 0 Å². The van der Waals surface area contributed by atoms with Crippen molar-refractivity contribution in [3.05, 3.63) is 29.3 Å². The zero-order chi connectivity index (χ0) is 15.0. The molecule has 1 aliphatic heterocycles. The average molecular weight is 288 g/mol. The first-order chi connectivity index (χ1) is 10.1. The van der Waals surface area contributed by atoms with Gasteiger partial charge in [0.1, 0.15) is 0 Å². The summed E-state index contributed by atoms with van der Waals surface area (Å²) in [6.07, 6.45) is 4.14. The van der Waals surface area contributed by atoms with Crippen LogP contribution < -0.4 is 4.90 Å². The molecule has 1 heterocycles. The molecule has 0 aromatic heterocycles. The lowest BCUT2D eigenvalue weighted by Crippen LogP contribution is -2.44. The van der Waals surface area contributed by atoms with Crippen molar-refractivity contribution in [2.45, 2.75) is 25.7 Å². The summed E-state index contributed by atoms with van der Waals surface area (Å²) < 4.78 is 0. The van der Waals surface area contributed by atoms with Crippen molar-refractivity contribution >= 4 is 17.7 Å². The molecule has 1 aromatic carbocycles. The van der Waals surface area contributed by atoms with E-state index >= 15 is 0 Å². The van der Waals surface area contributed by atoms with Gasteiger partial charge in [0, 0.05) is 25.8 Å². The third kappa shape index (κ3) is 2.86. The Hall–Kier alpha value is -2.04. The van der Waals surface area contributed by atoms with E-state index in [-0.39, 0.29) is 11.6 Å². The van der Waals surface area contributed by atoms with Gasteiger partial charge >= 0.3 is 12.0 Å². The van der Waals surface area contributed by atoms with Crippen LogP contribution in [0.4, 0.5) is 10.5 Å². The van der Waals surface area contributed by atoms with E-state index in [1.165, 1.54) is 12.8 Å². The molecule has 5 nitrogen and oxygen atoms in total. The highest BCUT2D eigenvalue weighted by Crippen LogP contribution is 2.32. The molecule has 1 saturated carbocycles. The minimum absolute atomic E-state index is 0.0194. The number of carbonyl (C=O) groups is 2. The van der Waals surface area contributed by atoms with Crippen molar-refractivity contribution in [3.63, 3.8) is 0 Å². The number of anilines is 1. The Kier molecular flexibility index (Phi) is 3.57. The number of carboxylic acids is 1. The summed E-state index contributed by atoms with van der Waals surface area (Å²) in [7, 11) is 1.85. The second-order valence-corrected chi connectivity index (χ2v) is 6.01. The topological polar surface area (TPSA) is 60.9 Å². The van der Waals surface area contributed by atoms with E-state index < -0.39 is 5.97 Å². The molecular formula is C16H20N2O3. The normalized spacial score (nSPS) is 17.3. The third-order valence-corrected chi connectivity index (χ3v) is 4.23. The van der Waals surface area contributed by atoms with E-state index in [4.69, 9.17) is 5.11 Å². The van der Waals surface area contributed by atoms with E-state index in [0.29, 0.717) is 12.5 Å². The molecule has 1 N–H and O–H groups in total. The number of rotatable bonds is 3. The first kappa shape index (κ1) is 13.9. The van der Waals surface area contributed by atoms with E-state index in [9.17, 15) is 9.59 Å². The number of carboxylic acid groups (broad SMARTS) is 1. The lowest BCUT2D eigenvalue weighted by Gasteiger charge is -2.33. The van der Waals surface area contributed by atoms with Crippen molar-refractivity contribution in [2.24, 2.45) is 5.92 Å². The molecular weight excluding hydrogens is 268 g/mol. The molecule has 0 radical (unpaired) electrons. The lowest BCUT2D eigenvalue weighted by atomic mass is 9.99. The van der Waals surface area contributed by atoms with Crippen molar-refractivity contribution < 1.29 is 14.7 Å². The van der Waals surface area contributed by atoms with Gasteiger partial charge in [-0.3, -0.25) is 4.90 Å². The number of amides is 2. The van der Waals surface area contributed by atoms with Crippen LogP contribution in [0.25, 0.3) is 0 Å². The lowest BCUT2D eigenvalue weighted by molar-refractivity contribution is 0.0696. The molecule has 1 fully saturated rings. The maximum Gasteiger partial charge on any atom is 0.335 e. The maximum atomic E-state index is 12.6. The minimum Gasteiger partial charge on any atom is -0.478 e. The average Bonchev–Trinajstić information content (AvgIpc) is 3.29. The van der Waals surface area contributed by atoms with Crippen LogP contribution in [0.1, 0.15) is 35.2 Å². The number of nitrogens with zero attached hydrogens (tertiary/aromatic N) is 2. The Morgan fingerprint density at radius 2 is 2.14 bits per heavy atom. The van der Waals surface area contributed by atoms with E-state index in [1.807, 2.05) is 7.05 Å². The summed E-state index contributed by atoms with van der Waals surface area (Å²) in [5, 5.41) is 9.07. The Bertz CT molecular complexity index is 581. The van der Waals surface area contributed by atoms with Gasteiger partial charge in [0.2, 0.25) is 0 Å². The van der Waals surface area contributed by atoms with Crippen LogP contribution in [0.2, 0.25) is 0 Å². The van der Waals surface area contributed by atoms with Gasteiger partial charge in [-0.1, -0.05) is 0 Å². The second-order valence-electron chi connectivity index (χ2n) is 6.01. The van der Waals surface area contributed by atoms with Gasteiger partial charge in [0.15, 0.2) is 0 Å². The number of aromatic carboxylic acids is 1. The maximum absolute atomic E-state index is 12.6. The molecule has 5 heteroatoms. The summed E-state index contributed by atoms with van der Waals surface area (Å²) >= 11 is 0. The Morgan fingerprint density at radius 1 is 1.38 bits per heavy atom. The van der Waals surface area contributed by atoms with Gasteiger partial charge in [-0.2, -0.15) is 0 Å². The number of fused-ring (bicyclic) bond motifs is 1. The standard InChI is InChI=1S/C16H20N2O3/c1-17(10-11-4-5-11)16(21)18-8-2-3-12-9-13(15(19)20)6-7-14(12)18/h6-7,9,11H,2-5,8,10H2,1H3,(H,19,20). The van der Waals surface area contributed by atoms with Crippen molar-refractivity contribution in [3.8, 4) is 0 Å². The number of urea groups is 1.